The number of aliphatic hydroxyl groups excluding tert-OH is 1. The van der Waals surface area contributed by atoms with E-state index >= 15 is 0 Å². The number of thioether (sulfide) groups is 1. The summed E-state index contributed by atoms with van der Waals surface area (Å²) in [7, 11) is -1.37. The molecule has 1 heterocycles. The number of benzene rings is 2. The lowest BCUT2D eigenvalue weighted by Crippen LogP contribution is -2.43. The molecule has 1 aliphatic rings. The Balaban J connectivity index is 1.89. The zero-order valence-corrected chi connectivity index (χ0v) is 19.6. The lowest BCUT2D eigenvalue weighted by atomic mass is 10.2. The summed E-state index contributed by atoms with van der Waals surface area (Å²) >= 11 is 1.25. The van der Waals surface area contributed by atoms with Gasteiger partial charge in [-0.15, -0.1) is 5.11 Å². The van der Waals surface area contributed by atoms with Gasteiger partial charge in [-0.05, 0) is 49.4 Å². The summed E-state index contributed by atoms with van der Waals surface area (Å²) in [5.74, 6) is 0.645. The van der Waals surface area contributed by atoms with Crippen LogP contribution in [0.5, 0.6) is 5.75 Å². The smallest absolute Gasteiger partial charge is 0.397 e. The third-order valence-corrected chi connectivity index (χ3v) is 6.77. The van der Waals surface area contributed by atoms with Crippen molar-refractivity contribution in [3.05, 3.63) is 42.5 Å². The summed E-state index contributed by atoms with van der Waals surface area (Å²) in [6.45, 7) is 2.88. The summed E-state index contributed by atoms with van der Waals surface area (Å²) in [4.78, 5) is 3.32. The highest BCUT2D eigenvalue weighted by molar-refractivity contribution is 8.01. The Kier molecular flexibility index (Phi) is 7.62. The standard InChI is InChI=1S/C20H26N4O6S2/c1-4-24(11-12-25)16-7-5-15(6-8-16)21-22-20(14-30-32(26,27)28)23(2)18-10-9-17(29-3)13-19(18)31-20/h5-10,13,25H,4,11-12,14H2,1-3H3,(H,26,27,28). The van der Waals surface area contributed by atoms with E-state index in [4.69, 9.17) is 13.5 Å². The van der Waals surface area contributed by atoms with Crippen LogP contribution in [-0.4, -0.2) is 63.5 Å². The minimum Gasteiger partial charge on any atom is -0.497 e. The zero-order chi connectivity index (χ0) is 23.4. The van der Waals surface area contributed by atoms with Gasteiger partial charge >= 0.3 is 10.4 Å². The number of rotatable bonds is 10. The van der Waals surface area contributed by atoms with E-state index in [1.807, 2.05) is 36.1 Å². The molecule has 2 aromatic rings. The number of anilines is 2. The predicted molar refractivity (Wildman–Crippen MR) is 123 cm³/mol. The highest BCUT2D eigenvalue weighted by Gasteiger charge is 2.45. The van der Waals surface area contributed by atoms with Gasteiger partial charge in [-0.2, -0.15) is 13.5 Å². The molecule has 0 saturated heterocycles. The SMILES string of the molecule is CCN(CCO)c1ccc(N=NC2(COS(=O)(=O)O)Sc3cc(OC)ccc3N2C)cc1. The Hall–Kier alpha value is -2.38. The Morgan fingerprint density at radius 1 is 1.22 bits per heavy atom. The molecular weight excluding hydrogens is 456 g/mol. The summed E-state index contributed by atoms with van der Waals surface area (Å²) < 4.78 is 41.6. The van der Waals surface area contributed by atoms with Crippen molar-refractivity contribution in [2.75, 3.05) is 50.3 Å². The van der Waals surface area contributed by atoms with Gasteiger partial charge in [0.25, 0.3) is 0 Å². The van der Waals surface area contributed by atoms with E-state index in [9.17, 15) is 13.5 Å². The number of ether oxygens (including phenoxy) is 1. The van der Waals surface area contributed by atoms with Gasteiger partial charge in [0.1, 0.15) is 12.4 Å². The lowest BCUT2D eigenvalue weighted by Gasteiger charge is -2.30. The minimum absolute atomic E-state index is 0.0560. The van der Waals surface area contributed by atoms with E-state index in [2.05, 4.69) is 10.2 Å². The number of fused-ring (bicyclic) bond motifs is 1. The van der Waals surface area contributed by atoms with Crippen molar-refractivity contribution in [1.82, 2.24) is 0 Å². The first kappa shape index (κ1) is 24.3. The lowest BCUT2D eigenvalue weighted by molar-refractivity contribution is 0.238. The van der Waals surface area contributed by atoms with Gasteiger partial charge in [0, 0.05) is 30.7 Å². The van der Waals surface area contributed by atoms with Gasteiger partial charge in [0.15, 0.2) is 0 Å². The molecule has 10 nitrogen and oxygen atoms in total. The normalized spacial score (nSPS) is 18.2. The number of aliphatic hydroxyl groups is 1. The first-order chi connectivity index (χ1) is 15.2. The number of methoxy groups -OCH3 is 1. The molecule has 0 amide bonds. The van der Waals surface area contributed by atoms with Crippen LogP contribution < -0.4 is 14.5 Å². The summed E-state index contributed by atoms with van der Waals surface area (Å²) in [6, 6.07) is 12.8. The number of nitrogens with zero attached hydrogens (tertiary/aromatic N) is 4. The van der Waals surface area contributed by atoms with Crippen molar-refractivity contribution >= 4 is 39.2 Å². The van der Waals surface area contributed by atoms with Gasteiger partial charge in [0.05, 0.1) is 25.1 Å². The number of azo groups is 1. The van der Waals surface area contributed by atoms with Gasteiger partial charge in [-0.3, -0.25) is 4.55 Å². The van der Waals surface area contributed by atoms with Crippen LogP contribution >= 0.6 is 11.8 Å². The molecule has 0 saturated carbocycles. The maximum atomic E-state index is 11.3. The largest absolute Gasteiger partial charge is 0.497 e. The van der Waals surface area contributed by atoms with E-state index in [-0.39, 0.29) is 6.61 Å². The molecule has 2 aromatic carbocycles. The van der Waals surface area contributed by atoms with Crippen LogP contribution in [-0.2, 0) is 14.6 Å². The Labute approximate surface area is 191 Å². The predicted octanol–water partition coefficient (Wildman–Crippen LogP) is 3.31. The van der Waals surface area contributed by atoms with E-state index < -0.39 is 22.0 Å². The fourth-order valence-corrected chi connectivity index (χ4v) is 4.92. The van der Waals surface area contributed by atoms with Crippen LogP contribution in [0.1, 0.15) is 6.92 Å². The maximum Gasteiger partial charge on any atom is 0.397 e. The number of likely N-dealkylation sites (N-methyl/N-ethyl adjacent to an activating group) is 2. The second-order valence-electron chi connectivity index (χ2n) is 6.95. The molecule has 0 aromatic heterocycles. The topological polar surface area (TPSA) is 124 Å². The fourth-order valence-electron chi connectivity index (χ4n) is 3.26. The van der Waals surface area contributed by atoms with E-state index in [1.165, 1.54) is 11.8 Å². The third-order valence-electron chi connectivity index (χ3n) is 5.01. The van der Waals surface area contributed by atoms with Crippen molar-refractivity contribution in [1.29, 1.82) is 0 Å². The summed E-state index contributed by atoms with van der Waals surface area (Å²) in [5.41, 5.74) is 2.30. The van der Waals surface area contributed by atoms with Crippen LogP contribution in [0.25, 0.3) is 0 Å². The third kappa shape index (κ3) is 5.51. The van der Waals surface area contributed by atoms with E-state index in [0.29, 0.717) is 18.0 Å². The zero-order valence-electron chi connectivity index (χ0n) is 18.0. The van der Waals surface area contributed by atoms with E-state index in [1.54, 1.807) is 37.3 Å². The molecule has 1 aliphatic heterocycles. The molecule has 0 radical (unpaired) electrons. The molecule has 1 unspecified atom stereocenters. The monoisotopic (exact) mass is 482 g/mol. The minimum atomic E-state index is -4.67. The van der Waals surface area contributed by atoms with Gasteiger partial charge < -0.3 is 19.6 Å². The first-order valence-corrected chi connectivity index (χ1v) is 12.0. The summed E-state index contributed by atoms with van der Waals surface area (Å²) in [5, 5.41) is 17.9. The van der Waals surface area contributed by atoms with Crippen LogP contribution in [0.15, 0.2) is 57.6 Å². The first-order valence-electron chi connectivity index (χ1n) is 9.83. The van der Waals surface area contributed by atoms with Crippen LogP contribution in [0.3, 0.4) is 0 Å². The molecule has 32 heavy (non-hydrogen) atoms. The summed E-state index contributed by atoms with van der Waals surface area (Å²) in [6.07, 6.45) is 0. The molecule has 0 bridgehead atoms. The molecular formula is C20H26N4O6S2. The molecule has 0 spiro atoms. The van der Waals surface area contributed by atoms with Crippen LogP contribution in [0.4, 0.5) is 17.1 Å². The van der Waals surface area contributed by atoms with E-state index in [0.717, 1.165) is 22.8 Å². The van der Waals surface area contributed by atoms with Crippen molar-refractivity contribution < 1.29 is 27.0 Å². The molecule has 0 aliphatic carbocycles. The average Bonchev–Trinajstić information content (AvgIpc) is 3.06. The highest BCUT2D eigenvalue weighted by Crippen LogP contribution is 2.52. The van der Waals surface area contributed by atoms with Gasteiger partial charge in [-0.25, -0.2) is 4.18 Å². The van der Waals surface area contributed by atoms with Gasteiger partial charge in [-0.1, -0.05) is 11.8 Å². The fraction of sp³-hybridized carbons (Fsp3) is 0.400. The molecule has 12 heteroatoms. The molecule has 0 fully saturated rings. The Morgan fingerprint density at radius 2 is 1.94 bits per heavy atom. The number of hydrogen-bond acceptors (Lipinski definition) is 10. The average molecular weight is 483 g/mol. The Bertz CT molecular complexity index is 1060. The second-order valence-corrected chi connectivity index (χ2v) is 9.34. The molecule has 2 N–H and O–H groups in total. The number of hydrogen-bond donors (Lipinski definition) is 2. The molecule has 1 atom stereocenters. The molecule has 3 rings (SSSR count). The highest BCUT2D eigenvalue weighted by atomic mass is 32.3. The van der Waals surface area contributed by atoms with Gasteiger partial charge in [0.2, 0.25) is 4.99 Å². The van der Waals surface area contributed by atoms with Crippen LogP contribution in [0, 0.1) is 0 Å². The van der Waals surface area contributed by atoms with Crippen molar-refractivity contribution in [3.63, 3.8) is 0 Å². The Morgan fingerprint density at radius 3 is 2.53 bits per heavy atom. The maximum absolute atomic E-state index is 11.3. The van der Waals surface area contributed by atoms with Crippen LogP contribution in [0.2, 0.25) is 0 Å². The van der Waals surface area contributed by atoms with Crippen molar-refractivity contribution in [3.8, 4) is 5.75 Å². The van der Waals surface area contributed by atoms with Crippen molar-refractivity contribution in [2.24, 2.45) is 10.2 Å². The van der Waals surface area contributed by atoms with Crippen molar-refractivity contribution in [2.45, 2.75) is 16.8 Å². The second kappa shape index (κ2) is 10.0. The molecule has 174 valence electrons. The quantitative estimate of drug-likeness (QED) is 0.387.